The maximum atomic E-state index is 12.6. The van der Waals surface area contributed by atoms with E-state index in [0.717, 1.165) is 31.7 Å². The molecular formula is C25H34N2O6. The molecule has 1 heterocycles. The quantitative estimate of drug-likeness (QED) is 0.362. The van der Waals surface area contributed by atoms with Crippen molar-refractivity contribution in [3.05, 3.63) is 47.6 Å². The number of phenolic OH excluding ortho intramolecular Hbond substituents is 2. The number of allylic oxidation sites excluding steroid dienone is 3. The molecule has 1 amide bonds. The number of fused-ring (bicyclic) bond motifs is 1. The van der Waals surface area contributed by atoms with Crippen molar-refractivity contribution in [2.45, 2.75) is 52.4 Å². The van der Waals surface area contributed by atoms with Crippen molar-refractivity contribution < 1.29 is 29.4 Å². The van der Waals surface area contributed by atoms with Crippen LogP contribution < -0.4 is 0 Å². The standard InChI is InChI=1S/C25H34N2O6/c1-3-12-27(13-4-2)23(30)18-33-26-20-11-9-7-5-6-8-10-14-32-25(31)24-19(15-20)16-21(28)17-22(24)29/h6,8-9,11,16-17,28-29H,3-5,7,10,12-15,18H2,1-2H3. The molecule has 0 spiro atoms. The Bertz CT molecular complexity index is 885. The number of ether oxygens (including phenoxy) is 1. The van der Waals surface area contributed by atoms with Crippen LogP contribution in [0.5, 0.6) is 11.5 Å². The summed E-state index contributed by atoms with van der Waals surface area (Å²) < 4.78 is 5.28. The van der Waals surface area contributed by atoms with Crippen LogP contribution in [0, 0.1) is 0 Å². The molecule has 1 aromatic carbocycles. The highest BCUT2D eigenvalue weighted by atomic mass is 16.6. The molecular weight excluding hydrogens is 424 g/mol. The Morgan fingerprint density at radius 2 is 1.79 bits per heavy atom. The van der Waals surface area contributed by atoms with Crippen LogP contribution >= 0.6 is 0 Å². The lowest BCUT2D eigenvalue weighted by Gasteiger charge is -2.20. The van der Waals surface area contributed by atoms with E-state index in [4.69, 9.17) is 9.57 Å². The average Bonchev–Trinajstić information content (AvgIpc) is 2.76. The minimum atomic E-state index is -0.679. The molecule has 1 aromatic rings. The second-order valence-electron chi connectivity index (χ2n) is 7.79. The number of hydrogen-bond donors (Lipinski definition) is 2. The van der Waals surface area contributed by atoms with E-state index < -0.39 is 5.97 Å². The predicted molar refractivity (Wildman–Crippen MR) is 126 cm³/mol. The summed E-state index contributed by atoms with van der Waals surface area (Å²) >= 11 is 0. The molecule has 0 saturated carbocycles. The smallest absolute Gasteiger partial charge is 0.342 e. The number of carbonyl (C=O) groups is 2. The third-order valence-corrected chi connectivity index (χ3v) is 4.96. The fourth-order valence-electron chi connectivity index (χ4n) is 3.46. The largest absolute Gasteiger partial charge is 0.508 e. The van der Waals surface area contributed by atoms with Gasteiger partial charge in [-0.1, -0.05) is 37.2 Å². The number of aromatic hydroxyl groups is 2. The zero-order valence-corrected chi connectivity index (χ0v) is 19.5. The third kappa shape index (κ3) is 8.63. The Morgan fingerprint density at radius 1 is 1.09 bits per heavy atom. The summed E-state index contributed by atoms with van der Waals surface area (Å²) in [5.74, 6) is -1.37. The van der Waals surface area contributed by atoms with Crippen LogP contribution in [0.2, 0.25) is 0 Å². The lowest BCUT2D eigenvalue weighted by atomic mass is 10.00. The monoisotopic (exact) mass is 458 g/mol. The minimum Gasteiger partial charge on any atom is -0.508 e. The number of phenols is 2. The maximum Gasteiger partial charge on any atom is 0.342 e. The second-order valence-corrected chi connectivity index (χ2v) is 7.79. The Morgan fingerprint density at radius 3 is 2.52 bits per heavy atom. The minimum absolute atomic E-state index is 0.0249. The van der Waals surface area contributed by atoms with Crippen molar-refractivity contribution in [3.8, 4) is 11.5 Å². The number of amides is 1. The van der Waals surface area contributed by atoms with Gasteiger partial charge in [0.15, 0.2) is 6.61 Å². The number of cyclic esters (lactones) is 1. The van der Waals surface area contributed by atoms with Gasteiger partial charge in [0.1, 0.15) is 17.1 Å². The van der Waals surface area contributed by atoms with E-state index in [1.165, 1.54) is 6.07 Å². The molecule has 0 atom stereocenters. The van der Waals surface area contributed by atoms with Gasteiger partial charge in [0, 0.05) is 25.6 Å². The van der Waals surface area contributed by atoms with Crippen molar-refractivity contribution in [2.24, 2.45) is 5.16 Å². The van der Waals surface area contributed by atoms with Crippen molar-refractivity contribution in [1.29, 1.82) is 0 Å². The number of esters is 1. The lowest BCUT2D eigenvalue weighted by Crippen LogP contribution is -2.35. The van der Waals surface area contributed by atoms with Gasteiger partial charge < -0.3 is 24.7 Å². The molecule has 8 nitrogen and oxygen atoms in total. The zero-order chi connectivity index (χ0) is 24.1. The van der Waals surface area contributed by atoms with E-state index in [-0.39, 0.29) is 42.6 Å². The van der Waals surface area contributed by atoms with E-state index in [1.54, 1.807) is 11.0 Å². The molecule has 0 aliphatic carbocycles. The summed E-state index contributed by atoms with van der Waals surface area (Å²) in [5, 5.41) is 24.4. The number of benzene rings is 1. The molecule has 0 unspecified atom stereocenters. The van der Waals surface area contributed by atoms with Gasteiger partial charge in [-0.3, -0.25) is 4.79 Å². The predicted octanol–water partition coefficient (Wildman–Crippen LogP) is 4.11. The van der Waals surface area contributed by atoms with Gasteiger partial charge in [-0.2, -0.15) is 0 Å². The van der Waals surface area contributed by atoms with Crippen LogP contribution in [0.3, 0.4) is 0 Å². The van der Waals surface area contributed by atoms with Gasteiger partial charge in [0.2, 0.25) is 0 Å². The van der Waals surface area contributed by atoms with Crippen molar-refractivity contribution in [2.75, 3.05) is 26.3 Å². The second kappa shape index (κ2) is 14.0. The van der Waals surface area contributed by atoms with Gasteiger partial charge in [-0.15, -0.1) is 0 Å². The first-order valence-electron chi connectivity index (χ1n) is 11.5. The van der Waals surface area contributed by atoms with E-state index >= 15 is 0 Å². The Balaban J connectivity index is 2.27. The number of nitrogens with zero attached hydrogens (tertiary/aromatic N) is 2. The van der Waals surface area contributed by atoms with E-state index in [1.807, 2.05) is 32.1 Å². The fraction of sp³-hybridized carbons (Fsp3) is 0.480. The Hall–Kier alpha value is -3.29. The van der Waals surface area contributed by atoms with Gasteiger partial charge in [0.25, 0.3) is 5.91 Å². The van der Waals surface area contributed by atoms with Crippen molar-refractivity contribution in [1.82, 2.24) is 4.90 Å². The molecule has 0 saturated heterocycles. The molecule has 33 heavy (non-hydrogen) atoms. The van der Waals surface area contributed by atoms with Crippen LogP contribution in [0.15, 0.2) is 41.6 Å². The van der Waals surface area contributed by atoms with Gasteiger partial charge in [-0.25, -0.2) is 4.79 Å². The first-order valence-corrected chi connectivity index (χ1v) is 11.5. The maximum absolute atomic E-state index is 12.6. The Labute approximate surface area is 195 Å². The molecule has 1 aliphatic heterocycles. The number of rotatable bonds is 7. The summed E-state index contributed by atoms with van der Waals surface area (Å²) in [5.41, 5.74) is 0.769. The molecule has 2 N–H and O–H groups in total. The van der Waals surface area contributed by atoms with Crippen LogP contribution in [0.1, 0.15) is 61.9 Å². The highest BCUT2D eigenvalue weighted by Gasteiger charge is 2.21. The molecule has 0 radical (unpaired) electrons. The zero-order valence-electron chi connectivity index (χ0n) is 19.5. The number of oxime groups is 1. The Kier molecular flexibility index (Phi) is 11.0. The molecule has 1 aliphatic rings. The topological polar surface area (TPSA) is 109 Å². The van der Waals surface area contributed by atoms with Crippen LogP contribution in [-0.4, -0.2) is 59.0 Å². The first kappa shape index (κ1) is 26.0. The molecule has 0 aromatic heterocycles. The van der Waals surface area contributed by atoms with Gasteiger partial charge in [-0.05, 0) is 49.8 Å². The summed E-state index contributed by atoms with van der Waals surface area (Å²) in [6, 6.07) is 2.49. The summed E-state index contributed by atoms with van der Waals surface area (Å²) in [7, 11) is 0. The third-order valence-electron chi connectivity index (χ3n) is 4.96. The number of carbonyl (C=O) groups excluding carboxylic acids is 2. The normalized spacial score (nSPS) is 16.1. The summed E-state index contributed by atoms with van der Waals surface area (Å²) in [6.45, 7) is 5.34. The van der Waals surface area contributed by atoms with E-state index in [9.17, 15) is 19.8 Å². The number of hydrogen-bond acceptors (Lipinski definition) is 7. The molecule has 8 heteroatoms. The van der Waals surface area contributed by atoms with Crippen LogP contribution in [-0.2, 0) is 20.8 Å². The lowest BCUT2D eigenvalue weighted by molar-refractivity contribution is -0.136. The molecule has 0 bridgehead atoms. The van der Waals surface area contributed by atoms with Crippen LogP contribution in [0.4, 0.5) is 0 Å². The van der Waals surface area contributed by atoms with Crippen LogP contribution in [0.25, 0.3) is 0 Å². The molecule has 0 fully saturated rings. The fourth-order valence-corrected chi connectivity index (χ4v) is 3.46. The van der Waals surface area contributed by atoms with Gasteiger partial charge >= 0.3 is 5.97 Å². The van der Waals surface area contributed by atoms with Crippen molar-refractivity contribution >= 4 is 17.6 Å². The average molecular weight is 459 g/mol. The molecule has 2 rings (SSSR count). The molecule has 180 valence electrons. The van der Waals surface area contributed by atoms with E-state index in [2.05, 4.69) is 5.16 Å². The van der Waals surface area contributed by atoms with Gasteiger partial charge in [0.05, 0.1) is 12.3 Å². The van der Waals surface area contributed by atoms with E-state index in [0.29, 0.717) is 30.8 Å². The first-order chi connectivity index (χ1) is 16.0. The summed E-state index contributed by atoms with van der Waals surface area (Å²) in [4.78, 5) is 32.2. The van der Waals surface area contributed by atoms with Crippen molar-refractivity contribution in [3.63, 3.8) is 0 Å². The highest BCUT2D eigenvalue weighted by molar-refractivity contribution is 6.00. The summed E-state index contributed by atoms with van der Waals surface area (Å²) in [6.07, 6.45) is 11.6. The SMILES string of the molecule is CCCN(CCC)C(=O)CON=C1C=CCCC=CCCOC(=O)c2c(O)cc(O)cc2C1. The highest BCUT2D eigenvalue weighted by Crippen LogP contribution is 2.29.